The van der Waals surface area contributed by atoms with Gasteiger partial charge in [0, 0.05) is 30.9 Å². The summed E-state index contributed by atoms with van der Waals surface area (Å²) in [5, 5.41) is 3.77. The lowest BCUT2D eigenvalue weighted by Crippen LogP contribution is -2.43. The van der Waals surface area contributed by atoms with Gasteiger partial charge in [0.1, 0.15) is 0 Å². The number of nitrogens with one attached hydrogen (secondary N) is 1. The standard InChI is InChI=1S/C16H24N2/c1-3-12(2)18-11-15(13-8-9-13)17-10-14-6-4-5-7-16(14)18/h4-7,12-13,15,17H,3,8-11H2,1-2H3. The number of nitrogens with zero attached hydrogens (tertiary/aromatic N) is 1. The van der Waals surface area contributed by atoms with Crippen LogP contribution in [-0.4, -0.2) is 18.6 Å². The second-order valence-corrected chi connectivity index (χ2v) is 5.86. The molecule has 18 heavy (non-hydrogen) atoms. The van der Waals surface area contributed by atoms with Crippen LogP contribution in [0.1, 0.15) is 38.7 Å². The summed E-state index contributed by atoms with van der Waals surface area (Å²) >= 11 is 0. The van der Waals surface area contributed by atoms with Crippen LogP contribution in [-0.2, 0) is 6.54 Å². The maximum Gasteiger partial charge on any atom is 0.0414 e. The van der Waals surface area contributed by atoms with Crippen LogP contribution >= 0.6 is 0 Å². The highest BCUT2D eigenvalue weighted by Gasteiger charge is 2.34. The Hall–Kier alpha value is -1.02. The average molecular weight is 244 g/mol. The maximum absolute atomic E-state index is 3.77. The second kappa shape index (κ2) is 4.93. The molecule has 0 spiro atoms. The van der Waals surface area contributed by atoms with Crippen LogP contribution in [0.4, 0.5) is 5.69 Å². The van der Waals surface area contributed by atoms with Crippen molar-refractivity contribution in [2.75, 3.05) is 11.4 Å². The number of benzene rings is 1. The van der Waals surface area contributed by atoms with Crippen LogP contribution in [0.5, 0.6) is 0 Å². The van der Waals surface area contributed by atoms with E-state index in [0.29, 0.717) is 12.1 Å². The quantitative estimate of drug-likeness (QED) is 0.878. The predicted octanol–water partition coefficient (Wildman–Crippen LogP) is 3.17. The molecule has 0 saturated heterocycles. The molecule has 0 amide bonds. The summed E-state index contributed by atoms with van der Waals surface area (Å²) in [5.74, 6) is 0.922. The summed E-state index contributed by atoms with van der Waals surface area (Å²) in [6.07, 6.45) is 4.05. The van der Waals surface area contributed by atoms with Crippen LogP contribution in [0.15, 0.2) is 24.3 Å². The van der Waals surface area contributed by atoms with E-state index in [1.165, 1.54) is 37.1 Å². The first-order chi connectivity index (χ1) is 8.79. The molecule has 1 aliphatic heterocycles. The van der Waals surface area contributed by atoms with Gasteiger partial charge in [0.05, 0.1) is 0 Å². The Morgan fingerprint density at radius 3 is 2.83 bits per heavy atom. The van der Waals surface area contributed by atoms with Crippen molar-refractivity contribution in [1.29, 1.82) is 0 Å². The highest BCUT2D eigenvalue weighted by atomic mass is 15.2. The molecule has 1 fully saturated rings. The van der Waals surface area contributed by atoms with Crippen LogP contribution < -0.4 is 10.2 Å². The lowest BCUT2D eigenvalue weighted by molar-refractivity contribution is 0.451. The summed E-state index contributed by atoms with van der Waals surface area (Å²) in [4.78, 5) is 2.62. The molecule has 2 aliphatic rings. The van der Waals surface area contributed by atoms with Crippen molar-refractivity contribution in [1.82, 2.24) is 5.32 Å². The number of anilines is 1. The molecular weight excluding hydrogens is 220 g/mol. The molecule has 2 nitrogen and oxygen atoms in total. The molecule has 1 aromatic rings. The minimum Gasteiger partial charge on any atom is -0.367 e. The van der Waals surface area contributed by atoms with Gasteiger partial charge in [0.2, 0.25) is 0 Å². The summed E-state index contributed by atoms with van der Waals surface area (Å²) < 4.78 is 0. The first kappa shape index (κ1) is 12.0. The SMILES string of the molecule is CCC(C)N1CC(C2CC2)NCc2ccccc21. The molecule has 2 heteroatoms. The fourth-order valence-electron chi connectivity index (χ4n) is 3.01. The number of para-hydroxylation sites is 1. The maximum atomic E-state index is 3.77. The Balaban J connectivity index is 1.90. The summed E-state index contributed by atoms with van der Waals surface area (Å²) in [6.45, 7) is 6.85. The molecule has 0 radical (unpaired) electrons. The Kier molecular flexibility index (Phi) is 3.29. The number of rotatable bonds is 3. The lowest BCUT2D eigenvalue weighted by atomic mass is 10.1. The third kappa shape index (κ3) is 2.26. The molecular formula is C16H24N2. The average Bonchev–Trinajstić information content (AvgIpc) is 3.23. The van der Waals surface area contributed by atoms with E-state index in [2.05, 4.69) is 48.3 Å². The van der Waals surface area contributed by atoms with Crippen molar-refractivity contribution in [3.63, 3.8) is 0 Å². The second-order valence-electron chi connectivity index (χ2n) is 5.86. The van der Waals surface area contributed by atoms with E-state index in [-0.39, 0.29) is 0 Å². The fourth-order valence-corrected chi connectivity index (χ4v) is 3.01. The normalized spacial score (nSPS) is 25.4. The van der Waals surface area contributed by atoms with Gasteiger partial charge in [-0.25, -0.2) is 0 Å². The Labute approximate surface area is 110 Å². The van der Waals surface area contributed by atoms with Crippen molar-refractivity contribution in [2.45, 2.75) is 51.7 Å². The molecule has 3 rings (SSSR count). The number of hydrogen-bond acceptors (Lipinski definition) is 2. The van der Waals surface area contributed by atoms with E-state index in [1.807, 2.05) is 0 Å². The molecule has 1 aliphatic carbocycles. The molecule has 0 aromatic heterocycles. The minimum atomic E-state index is 0.632. The van der Waals surface area contributed by atoms with Gasteiger partial charge in [-0.1, -0.05) is 25.1 Å². The fraction of sp³-hybridized carbons (Fsp3) is 0.625. The van der Waals surface area contributed by atoms with Gasteiger partial charge >= 0.3 is 0 Å². The van der Waals surface area contributed by atoms with E-state index in [1.54, 1.807) is 0 Å². The summed E-state index contributed by atoms with van der Waals surface area (Å²) in [6, 6.07) is 10.2. The first-order valence-electron chi connectivity index (χ1n) is 7.37. The van der Waals surface area contributed by atoms with E-state index < -0.39 is 0 Å². The monoisotopic (exact) mass is 244 g/mol. The first-order valence-corrected chi connectivity index (χ1v) is 7.37. The largest absolute Gasteiger partial charge is 0.367 e. The smallest absolute Gasteiger partial charge is 0.0414 e. The lowest BCUT2D eigenvalue weighted by Gasteiger charge is -2.33. The van der Waals surface area contributed by atoms with Gasteiger partial charge in [-0.05, 0) is 43.7 Å². The molecule has 2 atom stereocenters. The van der Waals surface area contributed by atoms with Crippen LogP contribution in [0, 0.1) is 5.92 Å². The van der Waals surface area contributed by atoms with Crippen molar-refractivity contribution >= 4 is 5.69 Å². The molecule has 1 N–H and O–H groups in total. The Morgan fingerprint density at radius 1 is 1.33 bits per heavy atom. The van der Waals surface area contributed by atoms with Crippen LogP contribution in [0.2, 0.25) is 0 Å². The van der Waals surface area contributed by atoms with E-state index >= 15 is 0 Å². The van der Waals surface area contributed by atoms with E-state index in [9.17, 15) is 0 Å². The topological polar surface area (TPSA) is 15.3 Å². The van der Waals surface area contributed by atoms with E-state index in [0.717, 1.165) is 12.5 Å². The van der Waals surface area contributed by atoms with E-state index in [4.69, 9.17) is 0 Å². The highest BCUT2D eigenvalue weighted by molar-refractivity contribution is 5.55. The zero-order valence-electron chi connectivity index (χ0n) is 11.5. The zero-order valence-corrected chi connectivity index (χ0v) is 11.5. The van der Waals surface area contributed by atoms with Gasteiger partial charge in [-0.3, -0.25) is 0 Å². The molecule has 1 heterocycles. The predicted molar refractivity (Wildman–Crippen MR) is 76.9 cm³/mol. The third-order valence-corrected chi connectivity index (χ3v) is 4.56. The Bertz CT molecular complexity index is 411. The zero-order chi connectivity index (χ0) is 12.5. The van der Waals surface area contributed by atoms with Crippen molar-refractivity contribution in [3.05, 3.63) is 29.8 Å². The molecule has 98 valence electrons. The molecule has 0 bridgehead atoms. The number of hydrogen-bond donors (Lipinski definition) is 1. The van der Waals surface area contributed by atoms with Gasteiger partial charge in [0.25, 0.3) is 0 Å². The minimum absolute atomic E-state index is 0.632. The van der Waals surface area contributed by atoms with Gasteiger partial charge < -0.3 is 10.2 Å². The summed E-state index contributed by atoms with van der Waals surface area (Å²) in [5.41, 5.74) is 2.91. The van der Waals surface area contributed by atoms with Gasteiger partial charge in [0.15, 0.2) is 0 Å². The van der Waals surface area contributed by atoms with Crippen LogP contribution in [0.25, 0.3) is 0 Å². The van der Waals surface area contributed by atoms with Crippen molar-refractivity contribution in [2.24, 2.45) is 5.92 Å². The Morgan fingerprint density at radius 2 is 2.11 bits per heavy atom. The van der Waals surface area contributed by atoms with Crippen molar-refractivity contribution in [3.8, 4) is 0 Å². The summed E-state index contributed by atoms with van der Waals surface area (Å²) in [7, 11) is 0. The molecule has 1 aromatic carbocycles. The van der Waals surface area contributed by atoms with Gasteiger partial charge in [-0.15, -0.1) is 0 Å². The van der Waals surface area contributed by atoms with Gasteiger partial charge in [-0.2, -0.15) is 0 Å². The number of fused-ring (bicyclic) bond motifs is 1. The molecule has 1 saturated carbocycles. The van der Waals surface area contributed by atoms with Crippen LogP contribution in [0.3, 0.4) is 0 Å². The third-order valence-electron chi connectivity index (χ3n) is 4.56. The van der Waals surface area contributed by atoms with Crippen molar-refractivity contribution < 1.29 is 0 Å². The highest BCUT2D eigenvalue weighted by Crippen LogP contribution is 2.36. The molecule has 2 unspecified atom stereocenters.